The van der Waals surface area contributed by atoms with Crippen LogP contribution in [0.5, 0.6) is 5.75 Å². The van der Waals surface area contributed by atoms with Crippen LogP contribution in [0, 0.1) is 6.92 Å². The molecule has 0 aliphatic carbocycles. The first-order valence-corrected chi connectivity index (χ1v) is 11.6. The lowest BCUT2D eigenvalue weighted by Crippen LogP contribution is -2.43. The number of thiazole rings is 1. The summed E-state index contributed by atoms with van der Waals surface area (Å²) in [7, 11) is 5.63. The highest BCUT2D eigenvalue weighted by Gasteiger charge is 2.24. The van der Waals surface area contributed by atoms with E-state index in [4.69, 9.17) is 14.5 Å². The molecule has 1 saturated heterocycles. The summed E-state index contributed by atoms with van der Waals surface area (Å²) < 4.78 is 12.0. The number of anilines is 2. The third-order valence-corrected chi connectivity index (χ3v) is 6.98. The Balaban J connectivity index is 1.67. The first kappa shape index (κ1) is 22.5. The van der Waals surface area contributed by atoms with Gasteiger partial charge in [0.15, 0.2) is 5.13 Å². The molecule has 7 nitrogen and oxygen atoms in total. The number of aryl methyl sites for hydroxylation is 1. The zero-order chi connectivity index (χ0) is 22.7. The number of hydrogen-bond acceptors (Lipinski definition) is 7. The first-order valence-electron chi connectivity index (χ1n) is 10.8. The number of methoxy groups -OCH3 is 1. The molecule has 8 heteroatoms. The Labute approximate surface area is 193 Å². The van der Waals surface area contributed by atoms with Crippen molar-refractivity contribution in [3.05, 3.63) is 47.5 Å². The highest BCUT2D eigenvalue weighted by molar-refractivity contribution is 7.22. The van der Waals surface area contributed by atoms with Crippen LogP contribution in [0.1, 0.15) is 15.9 Å². The number of carbonyl (C=O) groups is 1. The van der Waals surface area contributed by atoms with Crippen LogP contribution in [0.3, 0.4) is 0 Å². The standard InChI is InChI=1S/C24H30N4O3S/c1-17-5-10-20(30-4)21-22(17)32-24(25-21)28(12-11-27-13-15-31-16-14-27)23(29)18-6-8-19(9-7-18)26(2)3/h5-10H,11-16H2,1-4H3. The molecule has 0 saturated carbocycles. The quantitative estimate of drug-likeness (QED) is 0.543. The number of morpholine rings is 1. The second-order valence-corrected chi connectivity index (χ2v) is 9.09. The maximum absolute atomic E-state index is 13.6. The Kier molecular flexibility index (Phi) is 6.93. The zero-order valence-electron chi connectivity index (χ0n) is 19.1. The minimum Gasteiger partial charge on any atom is -0.494 e. The molecular formula is C24H30N4O3S. The zero-order valence-corrected chi connectivity index (χ0v) is 19.9. The highest BCUT2D eigenvalue weighted by Crippen LogP contribution is 2.36. The summed E-state index contributed by atoms with van der Waals surface area (Å²) >= 11 is 1.54. The van der Waals surface area contributed by atoms with Gasteiger partial charge >= 0.3 is 0 Å². The van der Waals surface area contributed by atoms with Crippen molar-refractivity contribution in [2.45, 2.75) is 6.92 Å². The van der Waals surface area contributed by atoms with Gasteiger partial charge in [0.05, 0.1) is 25.0 Å². The average molecular weight is 455 g/mol. The summed E-state index contributed by atoms with van der Waals surface area (Å²) in [5.41, 5.74) is 3.64. The van der Waals surface area contributed by atoms with Crippen LogP contribution in [-0.4, -0.2) is 76.4 Å². The first-order chi connectivity index (χ1) is 15.5. The van der Waals surface area contributed by atoms with Gasteiger partial charge in [0.1, 0.15) is 11.3 Å². The van der Waals surface area contributed by atoms with Crippen LogP contribution in [-0.2, 0) is 4.74 Å². The summed E-state index contributed by atoms with van der Waals surface area (Å²) in [6.45, 7) is 6.63. The van der Waals surface area contributed by atoms with Gasteiger partial charge in [-0.25, -0.2) is 4.98 Å². The van der Waals surface area contributed by atoms with Crippen LogP contribution in [0.25, 0.3) is 10.2 Å². The third-order valence-electron chi connectivity index (χ3n) is 5.76. The molecule has 0 atom stereocenters. The van der Waals surface area contributed by atoms with Gasteiger partial charge in [-0.3, -0.25) is 14.6 Å². The molecule has 4 rings (SSSR count). The van der Waals surface area contributed by atoms with Crippen molar-refractivity contribution in [1.29, 1.82) is 0 Å². The smallest absolute Gasteiger partial charge is 0.260 e. The Hall–Kier alpha value is -2.68. The summed E-state index contributed by atoms with van der Waals surface area (Å²) in [6, 6.07) is 11.7. The van der Waals surface area contributed by atoms with Gasteiger partial charge in [-0.1, -0.05) is 17.4 Å². The van der Waals surface area contributed by atoms with Crippen molar-refractivity contribution in [3.63, 3.8) is 0 Å². The molecule has 2 aromatic carbocycles. The van der Waals surface area contributed by atoms with Gasteiger partial charge in [0, 0.05) is 51.5 Å². The fourth-order valence-corrected chi connectivity index (χ4v) is 4.86. The molecule has 2 heterocycles. The van der Waals surface area contributed by atoms with Crippen LogP contribution in [0.15, 0.2) is 36.4 Å². The Bertz CT molecular complexity index is 1070. The Morgan fingerprint density at radius 2 is 1.88 bits per heavy atom. The molecular weight excluding hydrogens is 424 g/mol. The Morgan fingerprint density at radius 1 is 1.16 bits per heavy atom. The van der Waals surface area contributed by atoms with Crippen molar-refractivity contribution in [1.82, 2.24) is 9.88 Å². The second kappa shape index (κ2) is 9.85. The van der Waals surface area contributed by atoms with E-state index in [1.54, 1.807) is 18.4 Å². The molecule has 0 N–H and O–H groups in total. The van der Waals surface area contributed by atoms with Crippen molar-refractivity contribution in [3.8, 4) is 5.75 Å². The SMILES string of the molecule is COc1ccc(C)c2sc(N(CCN3CCOCC3)C(=O)c3ccc(N(C)C)cc3)nc12. The molecule has 0 bridgehead atoms. The largest absolute Gasteiger partial charge is 0.494 e. The van der Waals surface area contributed by atoms with Crippen molar-refractivity contribution >= 4 is 38.3 Å². The van der Waals surface area contributed by atoms with Gasteiger partial charge in [-0.15, -0.1) is 0 Å². The lowest BCUT2D eigenvalue weighted by molar-refractivity contribution is 0.0391. The second-order valence-electron chi connectivity index (χ2n) is 8.11. The van der Waals surface area contributed by atoms with E-state index in [-0.39, 0.29) is 5.91 Å². The van der Waals surface area contributed by atoms with Crippen molar-refractivity contribution < 1.29 is 14.3 Å². The van der Waals surface area contributed by atoms with Gasteiger partial charge in [-0.05, 0) is 42.8 Å². The van der Waals surface area contributed by atoms with E-state index in [0.717, 1.165) is 60.1 Å². The average Bonchev–Trinajstić information content (AvgIpc) is 3.26. The molecule has 0 spiro atoms. The number of ether oxygens (including phenoxy) is 2. The number of fused-ring (bicyclic) bond motifs is 1. The lowest BCUT2D eigenvalue weighted by atomic mass is 10.1. The number of benzene rings is 2. The van der Waals surface area contributed by atoms with Crippen molar-refractivity contribution in [2.75, 3.05) is 70.4 Å². The van der Waals surface area contributed by atoms with Gasteiger partial charge in [0.25, 0.3) is 5.91 Å². The predicted molar refractivity (Wildman–Crippen MR) is 131 cm³/mol. The molecule has 1 amide bonds. The number of aromatic nitrogens is 1. The lowest BCUT2D eigenvalue weighted by Gasteiger charge is -2.29. The van der Waals surface area contributed by atoms with Crippen LogP contribution < -0.4 is 14.5 Å². The van der Waals surface area contributed by atoms with E-state index in [2.05, 4.69) is 11.8 Å². The summed E-state index contributed by atoms with van der Waals surface area (Å²) in [5, 5.41) is 0.697. The highest BCUT2D eigenvalue weighted by atomic mass is 32.1. The van der Waals surface area contributed by atoms with E-state index in [1.165, 1.54) is 0 Å². The summed E-state index contributed by atoms with van der Waals surface area (Å²) in [4.78, 5) is 24.6. The third kappa shape index (κ3) is 4.72. The molecule has 1 aliphatic rings. The van der Waals surface area contributed by atoms with Gasteiger partial charge < -0.3 is 14.4 Å². The van der Waals surface area contributed by atoms with E-state index >= 15 is 0 Å². The van der Waals surface area contributed by atoms with Crippen LogP contribution in [0.2, 0.25) is 0 Å². The molecule has 1 fully saturated rings. The maximum atomic E-state index is 13.6. The monoisotopic (exact) mass is 454 g/mol. The fourth-order valence-electron chi connectivity index (χ4n) is 3.79. The summed E-state index contributed by atoms with van der Waals surface area (Å²) in [5.74, 6) is 0.684. The van der Waals surface area contributed by atoms with Gasteiger partial charge in [-0.2, -0.15) is 0 Å². The van der Waals surface area contributed by atoms with Crippen LogP contribution >= 0.6 is 11.3 Å². The molecule has 1 aliphatic heterocycles. The number of hydrogen-bond donors (Lipinski definition) is 0. The molecule has 170 valence electrons. The molecule has 3 aromatic rings. The molecule has 1 aromatic heterocycles. The number of nitrogens with zero attached hydrogens (tertiary/aromatic N) is 4. The summed E-state index contributed by atoms with van der Waals surface area (Å²) in [6.07, 6.45) is 0. The molecule has 32 heavy (non-hydrogen) atoms. The maximum Gasteiger partial charge on any atom is 0.260 e. The number of carbonyl (C=O) groups excluding carboxylic acids is 1. The van der Waals surface area contributed by atoms with Gasteiger partial charge in [0.2, 0.25) is 0 Å². The molecule has 0 radical (unpaired) electrons. The topological polar surface area (TPSA) is 58.1 Å². The van der Waals surface area contributed by atoms with E-state index in [1.807, 2.05) is 60.3 Å². The van der Waals surface area contributed by atoms with Crippen molar-refractivity contribution in [2.24, 2.45) is 0 Å². The predicted octanol–water partition coefficient (Wildman–Crippen LogP) is 3.66. The van der Waals surface area contributed by atoms with Crippen LogP contribution in [0.4, 0.5) is 10.8 Å². The minimum absolute atomic E-state index is 0.0424. The minimum atomic E-state index is -0.0424. The molecule has 0 unspecified atom stereocenters. The number of rotatable bonds is 7. The van der Waals surface area contributed by atoms with E-state index in [0.29, 0.717) is 17.2 Å². The fraction of sp³-hybridized carbons (Fsp3) is 0.417. The van der Waals surface area contributed by atoms with E-state index in [9.17, 15) is 4.79 Å². The normalized spacial score (nSPS) is 14.5. The number of amides is 1. The van der Waals surface area contributed by atoms with E-state index < -0.39 is 0 Å². The Morgan fingerprint density at radius 3 is 2.53 bits per heavy atom.